The smallest absolute Gasteiger partial charge is 0.0312 e. The van der Waals surface area contributed by atoms with Crippen LogP contribution in [0.25, 0.3) is 0 Å². The van der Waals surface area contributed by atoms with Gasteiger partial charge in [-0.05, 0) is 42.5 Å². The van der Waals surface area contributed by atoms with Gasteiger partial charge >= 0.3 is 0 Å². The van der Waals surface area contributed by atoms with Gasteiger partial charge in [0.05, 0.1) is 0 Å². The average molecular weight is 244 g/mol. The summed E-state index contributed by atoms with van der Waals surface area (Å²) in [7, 11) is 0. The Hall–Kier alpha value is -1.19. The first-order valence-electron chi connectivity index (χ1n) is 6.12. The Labute approximate surface area is 106 Å². The molecule has 0 saturated heterocycles. The summed E-state index contributed by atoms with van der Waals surface area (Å²) in [6, 6.07) is 6.47. The normalized spacial score (nSPS) is 13.9. The van der Waals surface area contributed by atoms with Crippen LogP contribution in [0.5, 0.6) is 0 Å². The molecule has 88 valence electrons. The highest BCUT2D eigenvalue weighted by Gasteiger charge is 2.14. The predicted octanol–water partition coefficient (Wildman–Crippen LogP) is 2.92. The van der Waals surface area contributed by atoms with Crippen molar-refractivity contribution in [1.29, 1.82) is 0 Å². The predicted molar refractivity (Wildman–Crippen MR) is 71.1 cm³/mol. The lowest BCUT2D eigenvalue weighted by Crippen LogP contribution is -2.11. The van der Waals surface area contributed by atoms with Crippen LogP contribution in [-0.4, -0.2) is 4.98 Å². The van der Waals surface area contributed by atoms with Gasteiger partial charge in [-0.2, -0.15) is 0 Å². The number of nitrogens with zero attached hydrogens (tertiary/aromatic N) is 1. The summed E-state index contributed by atoms with van der Waals surface area (Å²) in [6.45, 7) is 1.88. The summed E-state index contributed by atoms with van der Waals surface area (Å²) in [4.78, 5) is 7.20. The van der Waals surface area contributed by atoms with E-state index >= 15 is 0 Å². The van der Waals surface area contributed by atoms with Crippen LogP contribution in [0.2, 0.25) is 0 Å². The van der Waals surface area contributed by atoms with Gasteiger partial charge in [-0.15, -0.1) is 11.3 Å². The third-order valence-electron chi connectivity index (χ3n) is 3.15. The minimum absolute atomic E-state index is 0.899. The van der Waals surface area contributed by atoms with Crippen LogP contribution >= 0.6 is 11.3 Å². The van der Waals surface area contributed by atoms with Crippen LogP contribution in [0, 0.1) is 0 Å². The minimum Gasteiger partial charge on any atom is -0.308 e. The molecule has 0 unspecified atom stereocenters. The van der Waals surface area contributed by atoms with Gasteiger partial charge in [-0.1, -0.05) is 6.07 Å². The van der Waals surface area contributed by atoms with E-state index in [1.165, 1.54) is 29.7 Å². The Balaban J connectivity index is 1.54. The van der Waals surface area contributed by atoms with Gasteiger partial charge in [0.25, 0.3) is 0 Å². The molecule has 1 aliphatic rings. The van der Waals surface area contributed by atoms with Crippen LogP contribution in [0.15, 0.2) is 30.6 Å². The third-order valence-corrected chi connectivity index (χ3v) is 4.39. The number of nitrogens with one attached hydrogen (secondary N) is 1. The Morgan fingerprint density at radius 3 is 3.12 bits per heavy atom. The summed E-state index contributed by atoms with van der Waals surface area (Å²) in [5.74, 6) is 0. The van der Waals surface area contributed by atoms with E-state index in [4.69, 9.17) is 0 Å². The highest BCUT2D eigenvalue weighted by atomic mass is 32.1. The van der Waals surface area contributed by atoms with Crippen LogP contribution in [0.1, 0.15) is 27.3 Å². The van der Waals surface area contributed by atoms with Crippen molar-refractivity contribution in [3.8, 4) is 0 Å². The first-order chi connectivity index (χ1) is 8.42. The molecular weight excluding hydrogens is 228 g/mol. The first kappa shape index (κ1) is 10.9. The van der Waals surface area contributed by atoms with Gasteiger partial charge in [0, 0.05) is 35.2 Å². The molecule has 17 heavy (non-hydrogen) atoms. The molecule has 2 aromatic rings. The standard InChI is InChI=1S/C14H16N2S/c1-4-12-7-13(17-14(12)5-1)10-16-9-11-3-2-6-15-8-11/h2-3,6-8,16H,1,4-5,9-10H2. The second kappa shape index (κ2) is 4.98. The zero-order chi connectivity index (χ0) is 11.5. The van der Waals surface area contributed by atoms with E-state index in [0.717, 1.165) is 13.1 Å². The van der Waals surface area contributed by atoms with Gasteiger partial charge in [0.2, 0.25) is 0 Å². The molecule has 0 radical (unpaired) electrons. The monoisotopic (exact) mass is 244 g/mol. The molecule has 0 fully saturated rings. The van der Waals surface area contributed by atoms with E-state index in [0.29, 0.717) is 0 Å². The SMILES string of the molecule is c1cncc(CNCc2cc3c(s2)CCC3)c1. The second-order valence-electron chi connectivity index (χ2n) is 4.48. The molecule has 0 aromatic carbocycles. The van der Waals surface area contributed by atoms with Crippen LogP contribution in [0.4, 0.5) is 0 Å². The number of hydrogen-bond acceptors (Lipinski definition) is 3. The molecule has 0 aliphatic heterocycles. The maximum atomic E-state index is 4.11. The van der Waals surface area contributed by atoms with Crippen molar-refractivity contribution in [2.24, 2.45) is 0 Å². The molecule has 0 saturated carbocycles. The number of rotatable bonds is 4. The minimum atomic E-state index is 0.899. The molecule has 2 heterocycles. The van der Waals surface area contributed by atoms with Gasteiger partial charge in [-0.25, -0.2) is 0 Å². The van der Waals surface area contributed by atoms with Crippen molar-refractivity contribution in [3.05, 3.63) is 51.5 Å². The fraction of sp³-hybridized carbons (Fsp3) is 0.357. The number of aromatic nitrogens is 1. The molecule has 3 rings (SSSR count). The Morgan fingerprint density at radius 1 is 1.29 bits per heavy atom. The molecule has 0 spiro atoms. The molecule has 2 aromatic heterocycles. The maximum absolute atomic E-state index is 4.11. The van der Waals surface area contributed by atoms with E-state index in [9.17, 15) is 0 Å². The van der Waals surface area contributed by atoms with Crippen molar-refractivity contribution in [1.82, 2.24) is 10.3 Å². The molecule has 0 bridgehead atoms. The Bertz CT molecular complexity index is 469. The molecule has 0 atom stereocenters. The van der Waals surface area contributed by atoms with Crippen LogP contribution in [-0.2, 0) is 25.9 Å². The number of fused-ring (bicyclic) bond motifs is 1. The topological polar surface area (TPSA) is 24.9 Å². The van der Waals surface area contributed by atoms with Crippen molar-refractivity contribution < 1.29 is 0 Å². The molecule has 1 N–H and O–H groups in total. The summed E-state index contributed by atoms with van der Waals surface area (Å²) < 4.78 is 0. The van der Waals surface area contributed by atoms with Crippen molar-refractivity contribution in [2.45, 2.75) is 32.4 Å². The van der Waals surface area contributed by atoms with E-state index < -0.39 is 0 Å². The van der Waals surface area contributed by atoms with Crippen LogP contribution < -0.4 is 5.32 Å². The van der Waals surface area contributed by atoms with E-state index in [-0.39, 0.29) is 0 Å². The lowest BCUT2D eigenvalue weighted by Gasteiger charge is -2.02. The molecule has 2 nitrogen and oxygen atoms in total. The molecular formula is C14H16N2S. The average Bonchev–Trinajstić information content (AvgIpc) is 2.91. The lowest BCUT2D eigenvalue weighted by molar-refractivity contribution is 0.698. The fourth-order valence-corrected chi connectivity index (χ4v) is 3.54. The van der Waals surface area contributed by atoms with E-state index in [1.807, 2.05) is 29.8 Å². The van der Waals surface area contributed by atoms with Crippen molar-refractivity contribution in [3.63, 3.8) is 0 Å². The Morgan fingerprint density at radius 2 is 2.29 bits per heavy atom. The van der Waals surface area contributed by atoms with Gasteiger partial charge in [0.15, 0.2) is 0 Å². The van der Waals surface area contributed by atoms with Gasteiger partial charge < -0.3 is 5.32 Å². The second-order valence-corrected chi connectivity index (χ2v) is 5.70. The van der Waals surface area contributed by atoms with Gasteiger partial charge in [0.1, 0.15) is 0 Å². The highest BCUT2D eigenvalue weighted by molar-refractivity contribution is 7.12. The largest absolute Gasteiger partial charge is 0.308 e. The summed E-state index contributed by atoms with van der Waals surface area (Å²) in [5.41, 5.74) is 2.84. The number of hydrogen-bond donors (Lipinski definition) is 1. The third kappa shape index (κ3) is 2.56. The number of pyridine rings is 1. The highest BCUT2D eigenvalue weighted by Crippen LogP contribution is 2.30. The molecule has 1 aliphatic carbocycles. The quantitative estimate of drug-likeness (QED) is 0.894. The number of aryl methyl sites for hydroxylation is 2. The lowest BCUT2D eigenvalue weighted by atomic mass is 10.2. The van der Waals surface area contributed by atoms with Crippen molar-refractivity contribution in [2.75, 3.05) is 0 Å². The van der Waals surface area contributed by atoms with Crippen molar-refractivity contribution >= 4 is 11.3 Å². The summed E-state index contributed by atoms with van der Waals surface area (Å²) in [5, 5.41) is 3.48. The van der Waals surface area contributed by atoms with Crippen LogP contribution in [0.3, 0.4) is 0 Å². The van der Waals surface area contributed by atoms with Gasteiger partial charge in [-0.3, -0.25) is 4.98 Å². The molecule has 0 amide bonds. The zero-order valence-corrected chi connectivity index (χ0v) is 10.6. The first-order valence-corrected chi connectivity index (χ1v) is 6.93. The fourth-order valence-electron chi connectivity index (χ4n) is 2.31. The number of thiophene rings is 1. The summed E-state index contributed by atoms with van der Waals surface area (Å²) in [6.07, 6.45) is 7.66. The van der Waals surface area contributed by atoms with E-state index in [2.05, 4.69) is 22.4 Å². The maximum Gasteiger partial charge on any atom is 0.0312 e. The van der Waals surface area contributed by atoms with E-state index in [1.54, 1.807) is 10.4 Å². The zero-order valence-electron chi connectivity index (χ0n) is 9.78. The summed E-state index contributed by atoms with van der Waals surface area (Å²) >= 11 is 1.98. The molecule has 3 heteroatoms. The Kier molecular flexibility index (Phi) is 3.20.